The van der Waals surface area contributed by atoms with Crippen LogP contribution in [-0.2, 0) is 11.8 Å². The number of amides is 1. The molecule has 4 aliphatic carbocycles. The number of rotatable bonds is 1. The monoisotopic (exact) mass is 354 g/mol. The third-order valence-corrected chi connectivity index (χ3v) is 8.05. The summed E-state index contributed by atoms with van der Waals surface area (Å²) >= 11 is 5.13. The highest BCUT2D eigenvalue weighted by Crippen LogP contribution is 2.65. The van der Waals surface area contributed by atoms with E-state index in [0.29, 0.717) is 5.92 Å². The number of aromatic nitrogens is 1. The molecule has 0 spiro atoms. The van der Waals surface area contributed by atoms with Crippen LogP contribution in [0.5, 0.6) is 0 Å². The van der Waals surface area contributed by atoms with Gasteiger partial charge in [-0.2, -0.15) is 4.99 Å². The lowest BCUT2D eigenvalue weighted by Gasteiger charge is -2.29. The highest BCUT2D eigenvalue weighted by molar-refractivity contribution is 9.10. The minimum absolute atomic E-state index is 0.0938. The molecule has 108 valence electrons. The fourth-order valence-corrected chi connectivity index (χ4v) is 6.48. The Hall–Kier alpha value is -0.420. The van der Waals surface area contributed by atoms with Gasteiger partial charge in [0.15, 0.2) is 4.67 Å². The lowest BCUT2D eigenvalue weighted by molar-refractivity contribution is -0.129. The predicted molar refractivity (Wildman–Crippen MR) is 82.3 cm³/mol. The van der Waals surface area contributed by atoms with E-state index >= 15 is 0 Å². The molecule has 0 aliphatic heterocycles. The van der Waals surface area contributed by atoms with Crippen LogP contribution in [0.15, 0.2) is 9.47 Å². The third kappa shape index (κ3) is 1.68. The first-order valence-electron chi connectivity index (χ1n) is 7.41. The molecule has 4 bridgehead atoms. The summed E-state index contributed by atoms with van der Waals surface area (Å²) in [4.78, 5) is 17.4. The van der Waals surface area contributed by atoms with Crippen LogP contribution in [0.25, 0.3) is 0 Å². The highest BCUT2D eigenvalue weighted by atomic mass is 79.9. The van der Waals surface area contributed by atoms with Crippen molar-refractivity contribution in [3.63, 3.8) is 0 Å². The van der Waals surface area contributed by atoms with Gasteiger partial charge < -0.3 is 3.96 Å². The van der Waals surface area contributed by atoms with Gasteiger partial charge >= 0.3 is 0 Å². The molecule has 4 aliphatic rings. The predicted octanol–water partition coefficient (Wildman–Crippen LogP) is 3.41. The van der Waals surface area contributed by atoms with Crippen LogP contribution in [0.1, 0.15) is 37.8 Å². The second kappa shape index (κ2) is 4.29. The van der Waals surface area contributed by atoms with Gasteiger partial charge in [-0.3, -0.25) is 4.79 Å². The maximum Gasteiger partial charge on any atom is 0.253 e. The van der Waals surface area contributed by atoms with Gasteiger partial charge in [-0.25, -0.2) is 0 Å². The molecule has 2 unspecified atom stereocenters. The maximum absolute atomic E-state index is 12.9. The first-order valence-corrected chi connectivity index (χ1v) is 8.98. The molecular formula is C15H19BrN2OS. The quantitative estimate of drug-likeness (QED) is 0.760. The molecule has 1 aromatic heterocycles. The first kappa shape index (κ1) is 13.3. The van der Waals surface area contributed by atoms with E-state index in [1.165, 1.54) is 19.3 Å². The van der Waals surface area contributed by atoms with Gasteiger partial charge in [0, 0.05) is 12.7 Å². The number of carbonyl (C=O) groups is 1. The Morgan fingerprint density at radius 2 is 2.00 bits per heavy atom. The molecule has 5 heteroatoms. The fourth-order valence-electron chi connectivity index (χ4n) is 4.95. The Balaban J connectivity index is 1.73. The van der Waals surface area contributed by atoms with Crippen molar-refractivity contribution in [1.82, 2.24) is 3.96 Å². The molecular weight excluding hydrogens is 336 g/mol. The second-order valence-electron chi connectivity index (χ2n) is 6.91. The van der Waals surface area contributed by atoms with Crippen LogP contribution in [0.3, 0.4) is 0 Å². The van der Waals surface area contributed by atoms with E-state index in [4.69, 9.17) is 0 Å². The zero-order valence-corrected chi connectivity index (χ0v) is 14.3. The number of nitrogens with zero attached hydrogens (tertiary/aromatic N) is 2. The van der Waals surface area contributed by atoms with E-state index in [1.807, 2.05) is 14.0 Å². The van der Waals surface area contributed by atoms with Crippen LogP contribution >= 0.6 is 27.5 Å². The molecule has 0 saturated heterocycles. The molecule has 0 aromatic carbocycles. The number of halogens is 1. The third-order valence-electron chi connectivity index (χ3n) is 5.82. The summed E-state index contributed by atoms with van der Waals surface area (Å²) in [6, 6.07) is 0. The van der Waals surface area contributed by atoms with Gasteiger partial charge in [0.1, 0.15) is 0 Å². The van der Waals surface area contributed by atoms with Crippen molar-refractivity contribution in [2.45, 2.75) is 39.0 Å². The maximum atomic E-state index is 12.9. The molecule has 1 amide bonds. The molecule has 20 heavy (non-hydrogen) atoms. The summed E-state index contributed by atoms with van der Waals surface area (Å²) in [6.07, 6.45) is 6.11. The van der Waals surface area contributed by atoms with Gasteiger partial charge in [0.05, 0.1) is 9.89 Å². The second-order valence-corrected chi connectivity index (χ2v) is 8.82. The van der Waals surface area contributed by atoms with Crippen molar-refractivity contribution in [2.75, 3.05) is 0 Å². The summed E-state index contributed by atoms with van der Waals surface area (Å²) in [5.41, 5.74) is 1.04. The van der Waals surface area contributed by atoms with Crippen LogP contribution in [0.4, 0.5) is 0 Å². The summed E-state index contributed by atoms with van der Waals surface area (Å²) in [6.45, 7) is 2.05. The van der Waals surface area contributed by atoms with Crippen LogP contribution in [0.2, 0.25) is 0 Å². The smallest absolute Gasteiger partial charge is 0.253 e. The number of aryl methyl sites for hydroxylation is 1. The van der Waals surface area contributed by atoms with Crippen molar-refractivity contribution < 1.29 is 4.79 Å². The standard InChI is InChI=1S/C15H19BrN2OS/c1-8-12(16)13(20-18(8)2)17-14(19)15-6-9-3-10(7-15)5-11(15)4-9/h9-11H,3-7H2,1-2H3/b17-13-. The Kier molecular flexibility index (Phi) is 2.84. The molecule has 1 aromatic rings. The van der Waals surface area contributed by atoms with Gasteiger partial charge in [0.25, 0.3) is 5.91 Å². The Labute approximate surface area is 131 Å². The van der Waals surface area contributed by atoms with Crippen LogP contribution in [-0.4, -0.2) is 9.86 Å². The minimum atomic E-state index is -0.0938. The highest BCUT2D eigenvalue weighted by Gasteiger charge is 2.61. The zero-order chi connectivity index (χ0) is 14.1. The summed E-state index contributed by atoms with van der Waals surface area (Å²) < 4.78 is 3.88. The first-order chi connectivity index (χ1) is 9.49. The van der Waals surface area contributed by atoms with Crippen molar-refractivity contribution in [3.8, 4) is 0 Å². The largest absolute Gasteiger partial charge is 0.302 e. The van der Waals surface area contributed by atoms with Crippen molar-refractivity contribution >= 4 is 33.4 Å². The number of carbonyl (C=O) groups excluding carboxylic acids is 1. The van der Waals surface area contributed by atoms with Gasteiger partial charge in [-0.05, 0) is 84.2 Å². The molecule has 0 N–H and O–H groups in total. The van der Waals surface area contributed by atoms with Gasteiger partial charge in [-0.1, -0.05) is 0 Å². The molecule has 1 heterocycles. The van der Waals surface area contributed by atoms with E-state index in [0.717, 1.165) is 39.5 Å². The van der Waals surface area contributed by atoms with E-state index in [1.54, 1.807) is 11.5 Å². The van der Waals surface area contributed by atoms with Crippen LogP contribution < -0.4 is 4.67 Å². The molecule has 3 nitrogen and oxygen atoms in total. The summed E-state index contributed by atoms with van der Waals surface area (Å²) in [5.74, 6) is 2.39. The minimum Gasteiger partial charge on any atom is -0.302 e. The zero-order valence-electron chi connectivity index (χ0n) is 11.9. The van der Waals surface area contributed by atoms with Crippen molar-refractivity contribution in [2.24, 2.45) is 35.2 Å². The Morgan fingerprint density at radius 1 is 1.35 bits per heavy atom. The van der Waals surface area contributed by atoms with Crippen molar-refractivity contribution in [1.29, 1.82) is 0 Å². The average Bonchev–Trinajstić information content (AvgIpc) is 2.90. The van der Waals surface area contributed by atoms with E-state index in [2.05, 4.69) is 24.9 Å². The molecule has 2 atom stereocenters. The summed E-state index contributed by atoms with van der Waals surface area (Å²) in [5, 5.41) is 0. The molecule has 0 radical (unpaired) electrons. The SMILES string of the molecule is Cc1c(Br)/c(=N/C(=O)C23CC4CC(CC2C4)C3)sn1C. The van der Waals surface area contributed by atoms with Gasteiger partial charge in [0.2, 0.25) is 0 Å². The normalized spacial score (nSPS) is 39.0. The molecule has 4 saturated carbocycles. The number of hydrogen-bond donors (Lipinski definition) is 0. The van der Waals surface area contributed by atoms with Crippen molar-refractivity contribution in [3.05, 3.63) is 14.8 Å². The average molecular weight is 355 g/mol. The lowest BCUT2D eigenvalue weighted by atomic mass is 9.75. The van der Waals surface area contributed by atoms with Crippen LogP contribution in [0, 0.1) is 30.1 Å². The molecule has 4 fully saturated rings. The summed E-state index contributed by atoms with van der Waals surface area (Å²) in [7, 11) is 2.01. The van der Waals surface area contributed by atoms with Gasteiger partial charge in [-0.15, -0.1) is 0 Å². The molecule has 5 rings (SSSR count). The topological polar surface area (TPSA) is 34.4 Å². The van der Waals surface area contributed by atoms with E-state index in [9.17, 15) is 4.79 Å². The number of hydrogen-bond acceptors (Lipinski definition) is 2. The van der Waals surface area contributed by atoms with E-state index < -0.39 is 0 Å². The van der Waals surface area contributed by atoms with E-state index in [-0.39, 0.29) is 11.3 Å². The Bertz CT molecular complexity index is 645. The fraction of sp³-hybridized carbons (Fsp3) is 0.733. The Morgan fingerprint density at radius 3 is 2.55 bits per heavy atom. The lowest BCUT2D eigenvalue weighted by Crippen LogP contribution is -2.32.